The fraction of sp³-hybridized carbons (Fsp3) is 0.188. The number of ether oxygens (including phenoxy) is 2. The van der Waals surface area contributed by atoms with Crippen LogP contribution >= 0.6 is 11.3 Å². The maximum Gasteiger partial charge on any atom is 0.404 e. The summed E-state index contributed by atoms with van der Waals surface area (Å²) in [6.07, 6.45) is 3.67. The van der Waals surface area contributed by atoms with Gasteiger partial charge >= 0.3 is 6.09 Å². The number of rotatable bonds is 6. The minimum Gasteiger partial charge on any atom is -0.496 e. The summed E-state index contributed by atoms with van der Waals surface area (Å²) in [6, 6.07) is 4.59. The zero-order valence-corrected chi connectivity index (χ0v) is 16.1. The highest BCUT2D eigenvalue weighted by Crippen LogP contribution is 2.34. The molecule has 0 radical (unpaired) electrons. The molecular weight excluding hydrogens is 392 g/mol. The van der Waals surface area contributed by atoms with Gasteiger partial charge in [0.2, 0.25) is 9.84 Å². The molecule has 0 saturated heterocycles. The fourth-order valence-corrected chi connectivity index (χ4v) is 4.89. The summed E-state index contributed by atoms with van der Waals surface area (Å²) in [7, 11) is -0.525. The second kappa shape index (κ2) is 7.37. The smallest absolute Gasteiger partial charge is 0.404 e. The van der Waals surface area contributed by atoms with E-state index in [0.29, 0.717) is 16.3 Å². The van der Waals surface area contributed by atoms with E-state index in [1.165, 1.54) is 25.4 Å². The van der Waals surface area contributed by atoms with Crippen molar-refractivity contribution in [3.63, 3.8) is 0 Å². The lowest BCUT2D eigenvalue weighted by Crippen LogP contribution is -2.12. The van der Waals surface area contributed by atoms with Crippen molar-refractivity contribution < 1.29 is 22.7 Å². The summed E-state index contributed by atoms with van der Waals surface area (Å²) < 4.78 is 37.5. The molecule has 142 valence electrons. The van der Waals surface area contributed by atoms with E-state index in [1.54, 1.807) is 30.2 Å². The zero-order chi connectivity index (χ0) is 19.6. The SMILES string of the molecule is COc1ccc(S(=O)(=O)c2cnc(COC(N)=O)s2)cc1-c1cnn(C)c1. The largest absolute Gasteiger partial charge is 0.496 e. The molecule has 0 fully saturated rings. The van der Waals surface area contributed by atoms with Crippen LogP contribution in [0.5, 0.6) is 5.75 Å². The Balaban J connectivity index is 1.98. The predicted molar refractivity (Wildman–Crippen MR) is 97.1 cm³/mol. The summed E-state index contributed by atoms with van der Waals surface area (Å²) in [5.41, 5.74) is 6.24. The maximum absolute atomic E-state index is 12.9. The highest BCUT2D eigenvalue weighted by Gasteiger charge is 2.23. The number of methoxy groups -OCH3 is 1. The van der Waals surface area contributed by atoms with E-state index >= 15 is 0 Å². The number of benzene rings is 1. The number of primary amides is 1. The van der Waals surface area contributed by atoms with Gasteiger partial charge in [-0.05, 0) is 18.2 Å². The number of carbonyl (C=O) groups excluding carboxylic acids is 1. The lowest BCUT2D eigenvalue weighted by Gasteiger charge is -2.09. The number of nitrogens with two attached hydrogens (primary N) is 1. The molecule has 0 aliphatic heterocycles. The number of aromatic nitrogens is 3. The zero-order valence-electron chi connectivity index (χ0n) is 14.4. The van der Waals surface area contributed by atoms with Crippen molar-refractivity contribution >= 4 is 27.3 Å². The molecule has 2 N–H and O–H groups in total. The van der Waals surface area contributed by atoms with Crippen LogP contribution in [0, 0.1) is 0 Å². The minimum absolute atomic E-state index is 0.0351. The third kappa shape index (κ3) is 3.93. The molecule has 0 atom stereocenters. The van der Waals surface area contributed by atoms with Crippen LogP contribution in [0.3, 0.4) is 0 Å². The average molecular weight is 408 g/mol. The van der Waals surface area contributed by atoms with Gasteiger partial charge in [-0.3, -0.25) is 4.68 Å². The third-order valence-electron chi connectivity index (χ3n) is 3.63. The molecule has 0 aliphatic rings. The summed E-state index contributed by atoms with van der Waals surface area (Å²) in [4.78, 5) is 14.7. The van der Waals surface area contributed by atoms with E-state index in [2.05, 4.69) is 14.8 Å². The Morgan fingerprint density at radius 1 is 1.33 bits per heavy atom. The van der Waals surface area contributed by atoms with Gasteiger partial charge in [0.25, 0.3) is 0 Å². The molecule has 2 heterocycles. The molecule has 11 heteroatoms. The van der Waals surface area contributed by atoms with Gasteiger partial charge in [-0.15, -0.1) is 11.3 Å². The molecule has 0 spiro atoms. The molecule has 27 heavy (non-hydrogen) atoms. The first-order valence-corrected chi connectivity index (χ1v) is 9.90. The quantitative estimate of drug-likeness (QED) is 0.661. The van der Waals surface area contributed by atoms with E-state index in [-0.39, 0.29) is 15.7 Å². The van der Waals surface area contributed by atoms with Crippen molar-refractivity contribution in [1.82, 2.24) is 14.8 Å². The van der Waals surface area contributed by atoms with Gasteiger partial charge in [-0.1, -0.05) is 0 Å². The number of thiazole rings is 1. The lowest BCUT2D eigenvalue weighted by molar-refractivity contribution is 0.150. The van der Waals surface area contributed by atoms with E-state index in [9.17, 15) is 13.2 Å². The number of nitrogens with zero attached hydrogens (tertiary/aromatic N) is 3. The monoisotopic (exact) mass is 408 g/mol. The van der Waals surface area contributed by atoms with Crippen molar-refractivity contribution in [2.75, 3.05) is 7.11 Å². The van der Waals surface area contributed by atoms with Gasteiger partial charge in [0.1, 0.15) is 21.6 Å². The van der Waals surface area contributed by atoms with Gasteiger partial charge in [0.05, 0.1) is 24.4 Å². The van der Waals surface area contributed by atoms with Crippen LogP contribution in [0.2, 0.25) is 0 Å². The lowest BCUT2D eigenvalue weighted by atomic mass is 10.1. The Morgan fingerprint density at radius 2 is 2.11 bits per heavy atom. The topological polar surface area (TPSA) is 126 Å². The standard InChI is InChI=1S/C16H16N4O5S2/c1-20-8-10(6-19-20)12-5-11(3-4-13(12)24-2)27(22,23)15-7-18-14(26-15)9-25-16(17)21/h3-8H,9H2,1-2H3,(H2,17,21). The van der Waals surface area contributed by atoms with Crippen LogP contribution in [0.25, 0.3) is 11.1 Å². The van der Waals surface area contributed by atoms with Crippen LogP contribution in [-0.4, -0.2) is 36.4 Å². The Bertz CT molecular complexity index is 1090. The fourth-order valence-electron chi connectivity index (χ4n) is 2.37. The number of carbonyl (C=O) groups is 1. The first kappa shape index (κ1) is 18.9. The Hall–Kier alpha value is -2.92. The Kier molecular flexibility index (Phi) is 5.15. The van der Waals surface area contributed by atoms with Crippen LogP contribution in [0.15, 0.2) is 45.9 Å². The van der Waals surface area contributed by atoms with Crippen molar-refractivity contribution in [3.8, 4) is 16.9 Å². The van der Waals surface area contributed by atoms with Crippen LogP contribution in [0.1, 0.15) is 5.01 Å². The molecule has 1 aromatic carbocycles. The maximum atomic E-state index is 12.9. The van der Waals surface area contributed by atoms with Crippen molar-refractivity contribution in [2.24, 2.45) is 12.8 Å². The molecule has 1 amide bonds. The first-order valence-electron chi connectivity index (χ1n) is 7.60. The number of hydrogen-bond acceptors (Lipinski definition) is 8. The van der Waals surface area contributed by atoms with Crippen LogP contribution in [0.4, 0.5) is 4.79 Å². The molecule has 0 unspecified atom stereocenters. The van der Waals surface area contributed by atoms with Gasteiger partial charge in [-0.2, -0.15) is 5.10 Å². The summed E-state index contributed by atoms with van der Waals surface area (Å²) in [6.45, 7) is -0.181. The third-order valence-corrected chi connectivity index (χ3v) is 6.82. The number of hydrogen-bond donors (Lipinski definition) is 1. The van der Waals surface area contributed by atoms with Gasteiger partial charge in [0, 0.05) is 24.4 Å². The normalized spacial score (nSPS) is 11.3. The number of sulfone groups is 1. The summed E-state index contributed by atoms with van der Waals surface area (Å²) in [5, 5.41) is 4.44. The van der Waals surface area contributed by atoms with E-state index < -0.39 is 15.9 Å². The molecule has 0 aliphatic carbocycles. The van der Waals surface area contributed by atoms with Gasteiger partial charge < -0.3 is 15.2 Å². The van der Waals surface area contributed by atoms with Crippen LogP contribution < -0.4 is 10.5 Å². The van der Waals surface area contributed by atoms with Crippen molar-refractivity contribution in [3.05, 3.63) is 41.8 Å². The minimum atomic E-state index is -3.80. The number of amides is 1. The molecule has 0 saturated carbocycles. The second-order valence-corrected chi connectivity index (χ2v) is 8.74. The molecule has 2 aromatic heterocycles. The van der Waals surface area contributed by atoms with Crippen molar-refractivity contribution in [2.45, 2.75) is 15.7 Å². The highest BCUT2D eigenvalue weighted by molar-refractivity contribution is 7.93. The summed E-state index contributed by atoms with van der Waals surface area (Å²) in [5.74, 6) is 0.529. The highest BCUT2D eigenvalue weighted by atomic mass is 32.2. The molecule has 0 bridgehead atoms. The second-order valence-electron chi connectivity index (χ2n) is 5.45. The predicted octanol–water partition coefficient (Wildman–Crippen LogP) is 1.98. The van der Waals surface area contributed by atoms with Crippen LogP contribution in [-0.2, 0) is 28.2 Å². The average Bonchev–Trinajstić information content (AvgIpc) is 3.28. The Labute approximate surface area is 159 Å². The molecule has 3 aromatic rings. The van der Waals surface area contributed by atoms with Gasteiger partial charge in [-0.25, -0.2) is 18.2 Å². The van der Waals surface area contributed by atoms with Gasteiger partial charge in [0.15, 0.2) is 0 Å². The molecular formula is C16H16N4O5S2. The van der Waals surface area contributed by atoms with E-state index in [4.69, 9.17) is 10.5 Å². The van der Waals surface area contributed by atoms with E-state index in [0.717, 1.165) is 16.9 Å². The molecule has 3 rings (SSSR count). The first-order chi connectivity index (χ1) is 12.8. The molecule has 9 nitrogen and oxygen atoms in total. The summed E-state index contributed by atoms with van der Waals surface area (Å²) >= 11 is 0.913. The number of aryl methyl sites for hydroxylation is 1. The van der Waals surface area contributed by atoms with Crippen molar-refractivity contribution in [1.29, 1.82) is 0 Å². The van der Waals surface area contributed by atoms with E-state index in [1.807, 2.05) is 0 Å². The Morgan fingerprint density at radius 3 is 2.74 bits per heavy atom.